The molecule has 0 aliphatic carbocycles. The molecule has 116 valence electrons. The molecule has 0 radical (unpaired) electrons. The maximum Gasteiger partial charge on any atom is 0.185 e. The van der Waals surface area contributed by atoms with E-state index in [1.807, 2.05) is 0 Å². The first-order valence-corrected chi connectivity index (χ1v) is 6.64. The quantitative estimate of drug-likeness (QED) is 0.842. The highest BCUT2D eigenvalue weighted by atomic mass is 16.5. The molecule has 2 N–H and O–H groups in total. The molecule has 1 atom stereocenters. The molecule has 2 aromatic rings. The Hall–Kier alpha value is -1.89. The van der Waals surface area contributed by atoms with Gasteiger partial charge in [-0.2, -0.15) is 0 Å². The summed E-state index contributed by atoms with van der Waals surface area (Å²) >= 11 is 0. The Morgan fingerprint density at radius 2 is 1.95 bits per heavy atom. The van der Waals surface area contributed by atoms with Crippen LogP contribution in [0.4, 0.5) is 0 Å². The van der Waals surface area contributed by atoms with E-state index in [1.165, 1.54) is 12.5 Å². The lowest BCUT2D eigenvalue weighted by molar-refractivity contribution is 0.0591. The number of aliphatic hydroxyl groups is 2. The van der Waals surface area contributed by atoms with E-state index in [0.717, 1.165) is 19.4 Å². The van der Waals surface area contributed by atoms with Crippen molar-refractivity contribution in [1.29, 1.82) is 0 Å². The van der Waals surface area contributed by atoms with Crippen molar-refractivity contribution in [2.45, 2.75) is 25.6 Å². The Kier molecular flexibility index (Phi) is 8.86. The highest BCUT2D eigenvalue weighted by Crippen LogP contribution is 2.09. The molecule has 1 aliphatic heterocycles. The minimum absolute atomic E-state index is 0.00694. The van der Waals surface area contributed by atoms with Crippen LogP contribution in [0.15, 0.2) is 45.6 Å². The van der Waals surface area contributed by atoms with Gasteiger partial charge in [0.2, 0.25) is 0 Å². The summed E-state index contributed by atoms with van der Waals surface area (Å²) in [4.78, 5) is 9.77. The topological polar surface area (TPSA) is 93.0 Å². The molecule has 3 rings (SSSR count). The zero-order valence-electron chi connectivity index (χ0n) is 11.7. The maximum atomic E-state index is 9.77. The van der Waals surface area contributed by atoms with Crippen molar-refractivity contribution in [2.75, 3.05) is 13.2 Å². The lowest BCUT2D eigenvalue weighted by Crippen LogP contribution is -2.09. The predicted octanol–water partition coefficient (Wildman–Crippen LogP) is 2.02. The number of carbonyl (C=O) groups excluding carboxylic acids is 1. The van der Waals surface area contributed by atoms with E-state index in [1.54, 1.807) is 24.3 Å². The van der Waals surface area contributed by atoms with Crippen LogP contribution in [-0.2, 0) is 11.3 Å². The van der Waals surface area contributed by atoms with Crippen molar-refractivity contribution >= 4 is 6.29 Å². The van der Waals surface area contributed by atoms with E-state index in [9.17, 15) is 4.79 Å². The first kappa shape index (κ1) is 17.2. The van der Waals surface area contributed by atoms with Crippen molar-refractivity contribution in [2.24, 2.45) is 0 Å². The number of aliphatic hydroxyl groups excluding tert-OH is 2. The van der Waals surface area contributed by atoms with Gasteiger partial charge in [-0.05, 0) is 37.1 Å². The fourth-order valence-electron chi connectivity index (χ4n) is 1.55. The molecule has 2 aromatic heterocycles. The van der Waals surface area contributed by atoms with Gasteiger partial charge in [0, 0.05) is 6.61 Å². The van der Waals surface area contributed by atoms with E-state index in [2.05, 4.69) is 4.42 Å². The molecular weight excluding hydrogens is 276 g/mol. The van der Waals surface area contributed by atoms with Gasteiger partial charge in [0.1, 0.15) is 12.4 Å². The summed E-state index contributed by atoms with van der Waals surface area (Å²) in [5.41, 5.74) is 0. The van der Waals surface area contributed by atoms with Crippen LogP contribution in [0.5, 0.6) is 0 Å². The second-order valence-corrected chi connectivity index (χ2v) is 4.19. The van der Waals surface area contributed by atoms with Crippen LogP contribution in [0.25, 0.3) is 0 Å². The standard InChI is InChI=1S/C5H10O2.C5H6O2.C5H4O2/c3*6-4-5-2-1-3-7-5/h5-6H,1-4H2;1-3,6H,4H2;1-4H. The van der Waals surface area contributed by atoms with Crippen LogP contribution in [0.1, 0.15) is 29.2 Å². The van der Waals surface area contributed by atoms with Crippen LogP contribution < -0.4 is 0 Å². The number of ether oxygens (including phenoxy) is 1. The molecule has 6 heteroatoms. The molecule has 0 bridgehead atoms. The van der Waals surface area contributed by atoms with E-state index >= 15 is 0 Å². The van der Waals surface area contributed by atoms with Crippen molar-refractivity contribution in [3.8, 4) is 0 Å². The Morgan fingerprint density at radius 3 is 2.24 bits per heavy atom. The van der Waals surface area contributed by atoms with Crippen molar-refractivity contribution < 1.29 is 28.6 Å². The Labute approximate surface area is 123 Å². The maximum absolute atomic E-state index is 9.77. The van der Waals surface area contributed by atoms with Crippen LogP contribution >= 0.6 is 0 Å². The molecule has 1 fully saturated rings. The summed E-state index contributed by atoms with van der Waals surface area (Å²) < 4.78 is 14.4. The minimum Gasteiger partial charge on any atom is -0.467 e. The predicted molar refractivity (Wildman–Crippen MR) is 74.8 cm³/mol. The number of aldehydes is 1. The molecule has 1 saturated heterocycles. The average molecular weight is 296 g/mol. The second kappa shape index (κ2) is 10.8. The Bertz CT molecular complexity index is 442. The van der Waals surface area contributed by atoms with Crippen LogP contribution in [0, 0.1) is 0 Å². The van der Waals surface area contributed by atoms with Crippen LogP contribution in [0.3, 0.4) is 0 Å². The summed E-state index contributed by atoms with van der Waals surface area (Å²) in [6.45, 7) is 1.03. The highest BCUT2D eigenvalue weighted by Gasteiger charge is 2.12. The largest absolute Gasteiger partial charge is 0.467 e. The summed E-state index contributed by atoms with van der Waals surface area (Å²) in [6, 6.07) is 6.74. The Balaban J connectivity index is 0.000000157. The van der Waals surface area contributed by atoms with Gasteiger partial charge in [-0.3, -0.25) is 4.79 Å². The van der Waals surface area contributed by atoms with Gasteiger partial charge in [-0.15, -0.1) is 0 Å². The zero-order valence-corrected chi connectivity index (χ0v) is 11.7. The zero-order chi connectivity index (χ0) is 15.3. The summed E-state index contributed by atoms with van der Waals surface area (Å²) in [6.07, 6.45) is 5.97. The smallest absolute Gasteiger partial charge is 0.185 e. The number of furan rings is 2. The second-order valence-electron chi connectivity index (χ2n) is 4.19. The summed E-state index contributed by atoms with van der Waals surface area (Å²) in [5.74, 6) is 0.986. The van der Waals surface area contributed by atoms with Crippen molar-refractivity contribution in [3.63, 3.8) is 0 Å². The van der Waals surface area contributed by atoms with Gasteiger partial charge in [0.05, 0.1) is 25.2 Å². The van der Waals surface area contributed by atoms with Crippen LogP contribution in [0.2, 0.25) is 0 Å². The average Bonchev–Trinajstić information content (AvgIpc) is 3.31. The van der Waals surface area contributed by atoms with Crippen molar-refractivity contribution in [1.82, 2.24) is 0 Å². The first-order chi connectivity index (χ1) is 10.3. The van der Waals surface area contributed by atoms with E-state index in [-0.39, 0.29) is 19.3 Å². The van der Waals surface area contributed by atoms with E-state index in [0.29, 0.717) is 17.8 Å². The molecule has 6 nitrogen and oxygen atoms in total. The molecule has 0 amide bonds. The third kappa shape index (κ3) is 7.45. The highest BCUT2D eigenvalue weighted by molar-refractivity contribution is 5.69. The monoisotopic (exact) mass is 296 g/mol. The number of hydrogen-bond acceptors (Lipinski definition) is 6. The molecule has 3 heterocycles. The van der Waals surface area contributed by atoms with Crippen molar-refractivity contribution in [3.05, 3.63) is 48.3 Å². The molecule has 0 spiro atoms. The van der Waals surface area contributed by atoms with Gasteiger partial charge in [0.15, 0.2) is 12.0 Å². The van der Waals surface area contributed by atoms with Gasteiger partial charge in [0.25, 0.3) is 0 Å². The normalized spacial score (nSPS) is 16.4. The fourth-order valence-corrected chi connectivity index (χ4v) is 1.55. The van der Waals surface area contributed by atoms with E-state index < -0.39 is 0 Å². The molecule has 1 aliphatic rings. The number of carbonyl (C=O) groups is 1. The Morgan fingerprint density at radius 1 is 1.19 bits per heavy atom. The van der Waals surface area contributed by atoms with Crippen LogP contribution in [-0.4, -0.2) is 35.8 Å². The third-order valence-electron chi connectivity index (χ3n) is 2.62. The molecule has 1 unspecified atom stereocenters. The SMILES string of the molecule is O=Cc1ccco1.OCC1CCCO1.OCc1ccco1. The van der Waals surface area contributed by atoms with E-state index in [4.69, 9.17) is 19.4 Å². The molecule has 21 heavy (non-hydrogen) atoms. The summed E-state index contributed by atoms with van der Waals surface area (Å²) in [5, 5.41) is 16.8. The minimum atomic E-state index is -0.00694. The number of hydrogen-bond donors (Lipinski definition) is 2. The third-order valence-corrected chi connectivity index (χ3v) is 2.62. The lowest BCUT2D eigenvalue weighted by Gasteiger charge is -2.00. The lowest BCUT2D eigenvalue weighted by atomic mass is 10.2. The van der Waals surface area contributed by atoms with Gasteiger partial charge < -0.3 is 23.8 Å². The van der Waals surface area contributed by atoms with Gasteiger partial charge in [-0.1, -0.05) is 0 Å². The molecular formula is C15H20O6. The van der Waals surface area contributed by atoms with Gasteiger partial charge >= 0.3 is 0 Å². The first-order valence-electron chi connectivity index (χ1n) is 6.64. The summed E-state index contributed by atoms with van der Waals surface area (Å²) in [7, 11) is 0. The number of rotatable bonds is 3. The molecule has 0 saturated carbocycles. The molecule has 0 aromatic carbocycles. The van der Waals surface area contributed by atoms with Gasteiger partial charge in [-0.25, -0.2) is 0 Å². The fraction of sp³-hybridized carbons (Fsp3) is 0.400.